The van der Waals surface area contributed by atoms with Gasteiger partial charge in [0, 0.05) is 0 Å². The van der Waals surface area contributed by atoms with Gasteiger partial charge in [0.1, 0.15) is 0 Å². The van der Waals surface area contributed by atoms with Crippen LogP contribution in [0.4, 0.5) is 0 Å². The molecule has 0 aromatic rings. The molecule has 6 aliphatic carbocycles. The number of hydrogen-bond acceptors (Lipinski definition) is 0. The Hall–Kier alpha value is 0. The molecule has 0 N–H and O–H groups in total. The minimum atomic E-state index is 1.23. The highest BCUT2D eigenvalue weighted by Gasteiger charge is 2.74. The second kappa shape index (κ2) is 2.27. The summed E-state index contributed by atoms with van der Waals surface area (Å²) in [5.74, 6) is 12.5. The summed E-state index contributed by atoms with van der Waals surface area (Å²) in [6.45, 7) is 0. The Kier molecular flexibility index (Phi) is 1.16. The van der Waals surface area contributed by atoms with Crippen LogP contribution in [0.15, 0.2) is 0 Å². The van der Waals surface area contributed by atoms with Gasteiger partial charge in [-0.25, -0.2) is 0 Å². The van der Waals surface area contributed by atoms with Gasteiger partial charge >= 0.3 is 0 Å². The van der Waals surface area contributed by atoms with Crippen molar-refractivity contribution in [3.63, 3.8) is 0 Å². The molecule has 0 bridgehead atoms. The molecule has 0 heteroatoms. The zero-order chi connectivity index (χ0) is 10.0. The fourth-order valence-electron chi connectivity index (χ4n) is 8.74. The first-order valence-corrected chi connectivity index (χ1v) is 7.95. The molecule has 16 heavy (non-hydrogen) atoms. The van der Waals surface area contributed by atoms with Crippen LogP contribution in [0.1, 0.15) is 38.5 Å². The first-order valence-electron chi connectivity index (χ1n) is 7.95. The van der Waals surface area contributed by atoms with Gasteiger partial charge in [-0.15, -0.1) is 0 Å². The van der Waals surface area contributed by atoms with Crippen molar-refractivity contribution in [1.82, 2.24) is 0 Å². The fraction of sp³-hybridized carbons (Fsp3) is 1.00. The molecule has 0 aromatic carbocycles. The van der Waals surface area contributed by atoms with Gasteiger partial charge < -0.3 is 0 Å². The van der Waals surface area contributed by atoms with Crippen LogP contribution >= 0.6 is 0 Å². The topological polar surface area (TPSA) is 0 Å². The third-order valence-corrected chi connectivity index (χ3v) is 8.45. The van der Waals surface area contributed by atoms with Gasteiger partial charge in [-0.2, -0.15) is 0 Å². The van der Waals surface area contributed by atoms with Gasteiger partial charge in [-0.3, -0.25) is 0 Å². The SMILES string of the molecule is C1C[C@H]2C3C4C5[C@@H](CC[C@@H]5[C@H]13)[C@H]1CC[C@H]2C41. The third kappa shape index (κ3) is 0.596. The number of hydrogen-bond donors (Lipinski definition) is 0. The van der Waals surface area contributed by atoms with Crippen LogP contribution in [-0.4, -0.2) is 0 Å². The van der Waals surface area contributed by atoms with E-state index in [0.29, 0.717) is 0 Å². The molecular weight excluding hydrogens is 192 g/mol. The molecule has 0 radical (unpaired) electrons. The van der Waals surface area contributed by atoms with E-state index in [1.807, 2.05) is 0 Å². The van der Waals surface area contributed by atoms with Crippen LogP contribution in [-0.2, 0) is 0 Å². The lowest BCUT2D eigenvalue weighted by Crippen LogP contribution is -2.14. The Balaban J connectivity index is 1.62. The monoisotopic (exact) mass is 214 g/mol. The van der Waals surface area contributed by atoms with E-state index >= 15 is 0 Å². The quantitative estimate of drug-likeness (QED) is 0.578. The molecule has 0 heterocycles. The molecule has 0 aromatic heterocycles. The molecule has 4 unspecified atom stereocenters. The molecule has 0 nitrogen and oxygen atoms in total. The zero-order valence-corrected chi connectivity index (χ0v) is 10.0. The van der Waals surface area contributed by atoms with E-state index in [1.165, 1.54) is 59.2 Å². The van der Waals surface area contributed by atoms with Crippen molar-refractivity contribution in [3.05, 3.63) is 0 Å². The summed E-state index contributed by atoms with van der Waals surface area (Å²) in [7, 11) is 0. The second-order valence-corrected chi connectivity index (χ2v) is 8.02. The van der Waals surface area contributed by atoms with Gasteiger partial charge in [-0.1, -0.05) is 0 Å². The van der Waals surface area contributed by atoms with E-state index < -0.39 is 0 Å². The van der Waals surface area contributed by atoms with Crippen molar-refractivity contribution in [2.75, 3.05) is 0 Å². The molecule has 10 atom stereocenters. The smallest absolute Gasteiger partial charge is 0.0313 e. The summed E-state index contributed by atoms with van der Waals surface area (Å²) >= 11 is 0. The van der Waals surface area contributed by atoms with Crippen LogP contribution in [0, 0.1) is 59.2 Å². The Morgan fingerprint density at radius 2 is 0.562 bits per heavy atom. The molecule has 0 aliphatic heterocycles. The molecule has 6 aliphatic rings. The first kappa shape index (κ1) is 8.16. The molecule has 86 valence electrons. The van der Waals surface area contributed by atoms with Crippen molar-refractivity contribution in [2.24, 2.45) is 59.2 Å². The number of rotatable bonds is 0. The van der Waals surface area contributed by atoms with E-state index in [-0.39, 0.29) is 0 Å². The molecule has 6 saturated carbocycles. The van der Waals surface area contributed by atoms with Crippen LogP contribution < -0.4 is 0 Å². The number of fused-ring (bicyclic) bond motifs is 3. The van der Waals surface area contributed by atoms with E-state index in [4.69, 9.17) is 0 Å². The molecule has 6 rings (SSSR count). The summed E-state index contributed by atoms with van der Waals surface area (Å²) in [6, 6.07) is 0. The summed E-state index contributed by atoms with van der Waals surface area (Å²) < 4.78 is 0. The maximum atomic E-state index is 1.65. The first-order chi connectivity index (χ1) is 7.95. The lowest BCUT2D eigenvalue weighted by molar-refractivity contribution is 0.284. The molecular formula is C16H22. The Morgan fingerprint density at radius 3 is 0.812 bits per heavy atom. The highest BCUT2D eigenvalue weighted by molar-refractivity contribution is 5.22. The van der Waals surface area contributed by atoms with Gasteiger partial charge in [0.2, 0.25) is 0 Å². The largest absolute Gasteiger partial charge is 0.0496 e. The van der Waals surface area contributed by atoms with Crippen LogP contribution in [0.5, 0.6) is 0 Å². The van der Waals surface area contributed by atoms with E-state index in [2.05, 4.69) is 0 Å². The standard InChI is InChI=1S/C16H22/c1-2-8-10-5-6-12-11-4-3-9-7(1)13(8)16(14(9)11)15(10)12/h7-16H,1-6H2/t7-,8-,9-,10+,11+,12-,13?,14?,15?,16?/m1/s1. The summed E-state index contributed by atoms with van der Waals surface area (Å²) in [5, 5.41) is 0. The highest BCUT2D eigenvalue weighted by Crippen LogP contribution is 2.79. The normalized spacial score (nSPS) is 76.5. The lowest BCUT2D eigenvalue weighted by atomic mass is 9.85. The Morgan fingerprint density at radius 1 is 0.312 bits per heavy atom. The van der Waals surface area contributed by atoms with Gasteiger partial charge in [0.15, 0.2) is 0 Å². The molecule has 0 saturated heterocycles. The average Bonchev–Trinajstić information content (AvgIpc) is 2.97. The Labute approximate surface area is 98.2 Å². The minimum absolute atomic E-state index is 1.23. The van der Waals surface area contributed by atoms with Crippen molar-refractivity contribution in [1.29, 1.82) is 0 Å². The molecule has 0 spiro atoms. The van der Waals surface area contributed by atoms with Crippen molar-refractivity contribution in [3.8, 4) is 0 Å². The average molecular weight is 214 g/mol. The predicted octanol–water partition coefficient (Wildman–Crippen LogP) is 3.57. The minimum Gasteiger partial charge on any atom is -0.0496 e. The van der Waals surface area contributed by atoms with Gasteiger partial charge in [-0.05, 0) is 97.7 Å². The van der Waals surface area contributed by atoms with Crippen molar-refractivity contribution >= 4 is 0 Å². The predicted molar refractivity (Wildman–Crippen MR) is 62.6 cm³/mol. The maximum Gasteiger partial charge on any atom is -0.0313 e. The van der Waals surface area contributed by atoms with Gasteiger partial charge in [0.05, 0.1) is 0 Å². The highest BCUT2D eigenvalue weighted by atomic mass is 14.8. The van der Waals surface area contributed by atoms with Crippen LogP contribution in [0.2, 0.25) is 0 Å². The molecule has 6 fully saturated rings. The summed E-state index contributed by atoms with van der Waals surface area (Å²) in [4.78, 5) is 0. The summed E-state index contributed by atoms with van der Waals surface area (Å²) in [6.07, 6.45) is 9.88. The Bertz CT molecular complexity index is 285. The molecule has 0 amide bonds. The second-order valence-electron chi connectivity index (χ2n) is 8.02. The van der Waals surface area contributed by atoms with Crippen LogP contribution in [0.25, 0.3) is 0 Å². The maximum absolute atomic E-state index is 1.65. The van der Waals surface area contributed by atoms with Crippen LogP contribution in [0.3, 0.4) is 0 Å². The van der Waals surface area contributed by atoms with E-state index in [9.17, 15) is 0 Å². The van der Waals surface area contributed by atoms with Gasteiger partial charge in [0.25, 0.3) is 0 Å². The van der Waals surface area contributed by atoms with Crippen molar-refractivity contribution in [2.45, 2.75) is 38.5 Å². The zero-order valence-electron chi connectivity index (χ0n) is 10.0. The fourth-order valence-corrected chi connectivity index (χ4v) is 8.74. The third-order valence-electron chi connectivity index (χ3n) is 8.45. The van der Waals surface area contributed by atoms with E-state index in [1.54, 1.807) is 38.5 Å². The lowest BCUT2D eigenvalue weighted by Gasteiger charge is -2.19. The summed E-state index contributed by atoms with van der Waals surface area (Å²) in [5.41, 5.74) is 0. The van der Waals surface area contributed by atoms with E-state index in [0.717, 1.165) is 0 Å². The van der Waals surface area contributed by atoms with Crippen molar-refractivity contribution < 1.29 is 0 Å².